The fourth-order valence-corrected chi connectivity index (χ4v) is 3.04. The highest BCUT2D eigenvalue weighted by Crippen LogP contribution is 2.24. The lowest BCUT2D eigenvalue weighted by molar-refractivity contribution is -0.142. The molecule has 6 nitrogen and oxygen atoms in total. The monoisotopic (exact) mass is 304 g/mol. The van der Waals surface area contributed by atoms with Crippen LogP contribution in [0.1, 0.15) is 39.0 Å². The van der Waals surface area contributed by atoms with E-state index in [1.807, 2.05) is 6.92 Å². The Bertz CT molecular complexity index is 367. The third-order valence-electron chi connectivity index (χ3n) is 3.63. The average Bonchev–Trinajstić information content (AvgIpc) is 2.36. The molecule has 0 saturated heterocycles. The topological polar surface area (TPSA) is 95.5 Å². The van der Waals surface area contributed by atoms with Gasteiger partial charge < -0.3 is 15.7 Å². The molecule has 7 heteroatoms. The Labute approximate surface area is 122 Å². The molecule has 0 heterocycles. The molecule has 2 amide bonds. The van der Waals surface area contributed by atoms with Gasteiger partial charge in [0.25, 0.3) is 0 Å². The van der Waals surface area contributed by atoms with E-state index >= 15 is 0 Å². The van der Waals surface area contributed by atoms with Gasteiger partial charge in [0.2, 0.25) is 0 Å². The molecule has 2 unspecified atom stereocenters. The summed E-state index contributed by atoms with van der Waals surface area (Å²) in [6, 6.07) is -0.189. The smallest absolute Gasteiger partial charge is 0.315 e. The van der Waals surface area contributed by atoms with Crippen molar-refractivity contribution in [1.82, 2.24) is 10.6 Å². The van der Waals surface area contributed by atoms with E-state index in [4.69, 9.17) is 5.11 Å². The van der Waals surface area contributed by atoms with Gasteiger partial charge in [-0.15, -0.1) is 0 Å². The molecule has 0 aromatic carbocycles. The van der Waals surface area contributed by atoms with Crippen molar-refractivity contribution in [3.63, 3.8) is 0 Å². The minimum absolute atomic E-state index is 0.0192. The number of urea groups is 1. The lowest BCUT2D eigenvalue weighted by Gasteiger charge is -2.27. The van der Waals surface area contributed by atoms with Crippen molar-refractivity contribution in [3.8, 4) is 0 Å². The van der Waals surface area contributed by atoms with Crippen LogP contribution >= 0.6 is 0 Å². The predicted octanol–water partition coefficient (Wildman–Crippen LogP) is 1.09. The zero-order valence-electron chi connectivity index (χ0n) is 12.1. The lowest BCUT2D eigenvalue weighted by atomic mass is 9.86. The first kappa shape index (κ1) is 16.9. The largest absolute Gasteiger partial charge is 0.481 e. The third-order valence-corrected chi connectivity index (χ3v) is 4.44. The van der Waals surface area contributed by atoms with Crippen LogP contribution in [0.4, 0.5) is 4.79 Å². The summed E-state index contributed by atoms with van der Waals surface area (Å²) in [5, 5.41) is 14.6. The molecule has 116 valence electrons. The maximum atomic E-state index is 11.8. The molecule has 0 aromatic heterocycles. The van der Waals surface area contributed by atoms with Crippen molar-refractivity contribution in [2.75, 3.05) is 12.0 Å². The minimum atomic E-state index is -0.843. The number of rotatable bonds is 6. The first-order valence-electron chi connectivity index (χ1n) is 6.98. The fourth-order valence-electron chi connectivity index (χ4n) is 2.35. The van der Waals surface area contributed by atoms with Crippen LogP contribution in [0.25, 0.3) is 0 Å². The van der Waals surface area contributed by atoms with Gasteiger partial charge in [-0.25, -0.2) is 4.79 Å². The standard InChI is InChI=1S/C13H24N2O4S/c1-9(7-8-20(2)19)14-13(18)15-11-5-3-10(4-6-11)12(16)17/h9-11H,3-8H2,1-2H3,(H,16,17)(H2,14,15,18). The Kier molecular flexibility index (Phi) is 6.98. The summed E-state index contributed by atoms with van der Waals surface area (Å²) in [4.78, 5) is 22.6. The summed E-state index contributed by atoms with van der Waals surface area (Å²) in [5.41, 5.74) is 0. The molecule has 1 saturated carbocycles. The molecule has 20 heavy (non-hydrogen) atoms. The van der Waals surface area contributed by atoms with Crippen molar-refractivity contribution in [3.05, 3.63) is 0 Å². The summed E-state index contributed by atoms with van der Waals surface area (Å²) in [5.74, 6) is -0.436. The van der Waals surface area contributed by atoms with Gasteiger partial charge in [0.05, 0.1) is 5.92 Å². The van der Waals surface area contributed by atoms with E-state index in [1.54, 1.807) is 6.26 Å². The first-order valence-corrected chi connectivity index (χ1v) is 8.71. The van der Waals surface area contributed by atoms with Gasteiger partial charge in [0.15, 0.2) is 0 Å². The Balaban J connectivity index is 2.23. The third kappa shape index (κ3) is 6.36. The molecular weight excluding hydrogens is 280 g/mol. The van der Waals surface area contributed by atoms with E-state index < -0.39 is 16.8 Å². The average molecular weight is 304 g/mol. The van der Waals surface area contributed by atoms with E-state index in [-0.39, 0.29) is 24.0 Å². The Morgan fingerprint density at radius 2 is 1.90 bits per heavy atom. The van der Waals surface area contributed by atoms with Crippen LogP contribution in [0.2, 0.25) is 0 Å². The molecule has 1 fully saturated rings. The zero-order chi connectivity index (χ0) is 15.1. The normalized spacial score (nSPS) is 25.5. The van der Waals surface area contributed by atoms with Crippen LogP contribution in [-0.2, 0) is 15.6 Å². The Hall–Kier alpha value is -1.11. The second-order valence-corrected chi connectivity index (χ2v) is 7.03. The number of hydrogen-bond acceptors (Lipinski definition) is 3. The van der Waals surface area contributed by atoms with Crippen LogP contribution in [-0.4, -0.2) is 45.4 Å². The zero-order valence-corrected chi connectivity index (χ0v) is 12.9. The number of carbonyl (C=O) groups excluding carboxylic acids is 1. The molecule has 0 bridgehead atoms. The van der Waals surface area contributed by atoms with Crippen LogP contribution in [0.15, 0.2) is 0 Å². The maximum absolute atomic E-state index is 11.8. The van der Waals surface area contributed by atoms with Gasteiger partial charge >= 0.3 is 12.0 Å². The van der Waals surface area contributed by atoms with Gasteiger partial charge in [-0.3, -0.25) is 9.00 Å². The maximum Gasteiger partial charge on any atom is 0.315 e. The summed E-state index contributed by atoms with van der Waals surface area (Å²) >= 11 is 0. The van der Waals surface area contributed by atoms with Crippen molar-refractivity contribution in [1.29, 1.82) is 0 Å². The van der Waals surface area contributed by atoms with E-state index in [1.165, 1.54) is 0 Å². The van der Waals surface area contributed by atoms with Gasteiger partial charge in [0, 0.05) is 34.9 Å². The Morgan fingerprint density at radius 3 is 2.40 bits per heavy atom. The van der Waals surface area contributed by atoms with Crippen molar-refractivity contribution < 1.29 is 18.9 Å². The number of aliphatic carboxylic acids is 1. The van der Waals surface area contributed by atoms with E-state index in [0.29, 0.717) is 37.9 Å². The second-order valence-electron chi connectivity index (χ2n) is 5.47. The first-order chi connectivity index (χ1) is 9.38. The molecule has 1 aliphatic carbocycles. The number of nitrogens with one attached hydrogen (secondary N) is 2. The van der Waals surface area contributed by atoms with Gasteiger partial charge in [-0.2, -0.15) is 0 Å². The van der Waals surface area contributed by atoms with Gasteiger partial charge in [0.1, 0.15) is 0 Å². The van der Waals surface area contributed by atoms with E-state index in [0.717, 1.165) is 0 Å². The summed E-state index contributed by atoms with van der Waals surface area (Å²) in [7, 11) is -0.843. The minimum Gasteiger partial charge on any atom is -0.481 e. The number of hydrogen-bond donors (Lipinski definition) is 3. The molecule has 1 rings (SSSR count). The highest BCUT2D eigenvalue weighted by molar-refractivity contribution is 7.84. The van der Waals surface area contributed by atoms with E-state index in [9.17, 15) is 13.8 Å². The summed E-state index contributed by atoms with van der Waals surface area (Å²) in [6.07, 6.45) is 4.97. The van der Waals surface area contributed by atoms with E-state index in [2.05, 4.69) is 10.6 Å². The van der Waals surface area contributed by atoms with Gasteiger partial charge in [-0.1, -0.05) is 0 Å². The van der Waals surface area contributed by atoms with Crippen molar-refractivity contribution >= 4 is 22.8 Å². The number of carboxylic acids is 1. The lowest BCUT2D eigenvalue weighted by Crippen LogP contribution is -2.47. The number of carbonyl (C=O) groups is 2. The summed E-state index contributed by atoms with van der Waals surface area (Å²) < 4.78 is 11.0. The second kappa shape index (κ2) is 8.24. The predicted molar refractivity (Wildman–Crippen MR) is 78.1 cm³/mol. The van der Waals surface area contributed by atoms with Crippen LogP contribution in [0, 0.1) is 5.92 Å². The highest BCUT2D eigenvalue weighted by Gasteiger charge is 2.26. The quantitative estimate of drug-likeness (QED) is 0.684. The SMILES string of the molecule is CC(CCS(C)=O)NC(=O)NC1CCC(C(=O)O)CC1. The number of amides is 2. The molecular formula is C13H24N2O4S. The molecule has 0 spiro atoms. The highest BCUT2D eigenvalue weighted by atomic mass is 32.2. The van der Waals surface area contributed by atoms with Crippen molar-refractivity contribution in [2.24, 2.45) is 5.92 Å². The molecule has 0 radical (unpaired) electrons. The summed E-state index contributed by atoms with van der Waals surface area (Å²) in [6.45, 7) is 1.88. The van der Waals surface area contributed by atoms with Crippen molar-refractivity contribution in [2.45, 2.75) is 51.1 Å². The molecule has 0 aliphatic heterocycles. The van der Waals surface area contributed by atoms with Crippen LogP contribution in [0.5, 0.6) is 0 Å². The molecule has 0 aromatic rings. The fraction of sp³-hybridized carbons (Fsp3) is 0.846. The molecule has 2 atom stereocenters. The molecule has 3 N–H and O–H groups in total. The molecule has 1 aliphatic rings. The van der Waals surface area contributed by atoms with Gasteiger partial charge in [-0.05, 0) is 39.0 Å². The van der Waals surface area contributed by atoms with Crippen LogP contribution in [0.3, 0.4) is 0 Å². The number of carboxylic acid groups (broad SMARTS) is 1. The van der Waals surface area contributed by atoms with Crippen LogP contribution < -0.4 is 10.6 Å². The Morgan fingerprint density at radius 1 is 1.30 bits per heavy atom.